The van der Waals surface area contributed by atoms with Crippen molar-refractivity contribution in [3.05, 3.63) is 0 Å². The maximum absolute atomic E-state index is 10.1. The predicted octanol–water partition coefficient (Wildman–Crippen LogP) is -1.54. The van der Waals surface area contributed by atoms with Gasteiger partial charge in [-0.2, -0.15) is 0 Å². The van der Waals surface area contributed by atoms with Gasteiger partial charge in [0.1, 0.15) is 0 Å². The Morgan fingerprint density at radius 3 is 2.00 bits per heavy atom. The minimum absolute atomic E-state index is 0.0486. The fourth-order valence-corrected chi connectivity index (χ4v) is 0.471. The molecular formula is C5H11NO3. The first kappa shape index (κ1) is 8.39. The number of rotatable bonds is 4. The van der Waals surface area contributed by atoms with Crippen molar-refractivity contribution in [3.63, 3.8) is 0 Å². The van der Waals surface area contributed by atoms with Crippen molar-refractivity contribution < 1.29 is 15.0 Å². The summed E-state index contributed by atoms with van der Waals surface area (Å²) in [6.07, 6.45) is 0.0486. The lowest BCUT2D eigenvalue weighted by Crippen LogP contribution is -2.21. The summed E-state index contributed by atoms with van der Waals surface area (Å²) in [5, 5.41) is 16.8. The van der Waals surface area contributed by atoms with Crippen molar-refractivity contribution >= 4 is 5.91 Å². The fourth-order valence-electron chi connectivity index (χ4n) is 0.471. The molecule has 54 valence electrons. The van der Waals surface area contributed by atoms with Crippen molar-refractivity contribution in [1.82, 2.24) is 0 Å². The average molecular weight is 133 g/mol. The van der Waals surface area contributed by atoms with Crippen LogP contribution in [0, 0.1) is 5.92 Å². The number of hydrogen-bond acceptors (Lipinski definition) is 3. The second-order valence-corrected chi connectivity index (χ2v) is 1.90. The van der Waals surface area contributed by atoms with E-state index in [-0.39, 0.29) is 25.6 Å². The lowest BCUT2D eigenvalue weighted by molar-refractivity contribution is -0.119. The van der Waals surface area contributed by atoms with Crippen molar-refractivity contribution in [2.75, 3.05) is 13.2 Å². The summed E-state index contributed by atoms with van der Waals surface area (Å²) in [6, 6.07) is 0. The molecule has 0 rings (SSSR count). The molecule has 1 amide bonds. The smallest absolute Gasteiger partial charge is 0.217 e. The fraction of sp³-hybridized carbons (Fsp3) is 0.800. The van der Waals surface area contributed by atoms with E-state index in [1.807, 2.05) is 0 Å². The van der Waals surface area contributed by atoms with Gasteiger partial charge in [0.25, 0.3) is 0 Å². The third-order valence-electron chi connectivity index (χ3n) is 1.01. The molecule has 0 fully saturated rings. The van der Waals surface area contributed by atoms with Crippen LogP contribution < -0.4 is 5.73 Å². The van der Waals surface area contributed by atoms with Gasteiger partial charge >= 0.3 is 0 Å². The van der Waals surface area contributed by atoms with E-state index in [1.54, 1.807) is 0 Å². The highest BCUT2D eigenvalue weighted by Crippen LogP contribution is 1.97. The highest BCUT2D eigenvalue weighted by molar-refractivity contribution is 5.73. The molecule has 0 unspecified atom stereocenters. The zero-order valence-electron chi connectivity index (χ0n) is 5.08. The number of hydrogen-bond donors (Lipinski definition) is 3. The summed E-state index contributed by atoms with van der Waals surface area (Å²) in [6.45, 7) is -0.390. The normalized spacial score (nSPS) is 10.1. The van der Waals surface area contributed by atoms with Gasteiger partial charge in [-0.15, -0.1) is 0 Å². The summed E-state index contributed by atoms with van der Waals surface area (Å²) >= 11 is 0. The predicted molar refractivity (Wildman–Crippen MR) is 31.5 cm³/mol. The molecule has 0 aliphatic rings. The Kier molecular flexibility index (Phi) is 4.00. The minimum Gasteiger partial charge on any atom is -0.396 e. The summed E-state index contributed by atoms with van der Waals surface area (Å²) in [5.74, 6) is -0.884. The maximum Gasteiger partial charge on any atom is 0.217 e. The van der Waals surface area contributed by atoms with Crippen molar-refractivity contribution in [2.45, 2.75) is 6.42 Å². The van der Waals surface area contributed by atoms with Crippen LogP contribution in [0.2, 0.25) is 0 Å². The first-order chi connectivity index (χ1) is 4.20. The number of amides is 1. The van der Waals surface area contributed by atoms with Crippen LogP contribution in [-0.2, 0) is 4.79 Å². The standard InChI is InChI=1S/C5H11NO3/c6-5(9)1-4(2-7)3-8/h4,7-8H,1-3H2,(H2,6,9). The summed E-state index contributed by atoms with van der Waals surface area (Å²) < 4.78 is 0. The molecule has 0 aliphatic carbocycles. The van der Waals surface area contributed by atoms with Gasteiger partial charge in [0.05, 0.1) is 0 Å². The van der Waals surface area contributed by atoms with Gasteiger partial charge in [-0.05, 0) is 0 Å². The quantitative estimate of drug-likeness (QED) is 0.434. The van der Waals surface area contributed by atoms with E-state index in [4.69, 9.17) is 15.9 Å². The summed E-state index contributed by atoms with van der Waals surface area (Å²) in [7, 11) is 0. The molecular weight excluding hydrogens is 122 g/mol. The van der Waals surface area contributed by atoms with Crippen LogP contribution in [-0.4, -0.2) is 29.3 Å². The van der Waals surface area contributed by atoms with Gasteiger partial charge in [-0.1, -0.05) is 0 Å². The molecule has 4 heteroatoms. The highest BCUT2D eigenvalue weighted by Gasteiger charge is 2.07. The van der Waals surface area contributed by atoms with Gasteiger partial charge in [-0.25, -0.2) is 0 Å². The number of aliphatic hydroxyl groups excluding tert-OH is 2. The number of carbonyl (C=O) groups is 1. The Bertz CT molecular complexity index is 90.2. The third kappa shape index (κ3) is 3.93. The van der Waals surface area contributed by atoms with Crippen LogP contribution in [0.4, 0.5) is 0 Å². The first-order valence-electron chi connectivity index (χ1n) is 2.70. The average Bonchev–Trinajstić information content (AvgIpc) is 1.82. The Morgan fingerprint density at radius 1 is 1.44 bits per heavy atom. The van der Waals surface area contributed by atoms with Gasteiger partial charge in [0, 0.05) is 25.6 Å². The molecule has 0 aromatic carbocycles. The van der Waals surface area contributed by atoms with Gasteiger partial charge in [-0.3, -0.25) is 4.79 Å². The van der Waals surface area contributed by atoms with Crippen LogP contribution in [0.25, 0.3) is 0 Å². The van der Waals surface area contributed by atoms with Crippen molar-refractivity contribution in [2.24, 2.45) is 11.7 Å². The van der Waals surface area contributed by atoms with E-state index in [2.05, 4.69) is 0 Å². The maximum atomic E-state index is 10.1. The first-order valence-corrected chi connectivity index (χ1v) is 2.70. The van der Waals surface area contributed by atoms with Crippen molar-refractivity contribution in [1.29, 1.82) is 0 Å². The minimum atomic E-state index is -0.497. The molecule has 0 aromatic rings. The molecule has 0 aromatic heterocycles. The molecule has 9 heavy (non-hydrogen) atoms. The molecule has 0 saturated heterocycles. The van der Waals surface area contributed by atoms with E-state index in [1.165, 1.54) is 0 Å². The number of primary amides is 1. The van der Waals surface area contributed by atoms with E-state index in [0.29, 0.717) is 0 Å². The van der Waals surface area contributed by atoms with Crippen LogP contribution in [0.15, 0.2) is 0 Å². The van der Waals surface area contributed by atoms with Crippen LogP contribution >= 0.6 is 0 Å². The molecule has 0 heterocycles. The van der Waals surface area contributed by atoms with Crippen LogP contribution in [0.3, 0.4) is 0 Å². The Hall–Kier alpha value is -0.610. The molecule has 0 saturated carbocycles. The number of carbonyl (C=O) groups excluding carboxylic acids is 1. The second kappa shape index (κ2) is 4.29. The lowest BCUT2D eigenvalue weighted by atomic mass is 10.1. The molecule has 4 N–H and O–H groups in total. The van der Waals surface area contributed by atoms with Gasteiger partial charge < -0.3 is 15.9 Å². The molecule has 0 atom stereocenters. The van der Waals surface area contributed by atoms with E-state index in [9.17, 15) is 4.79 Å². The Balaban J connectivity index is 3.43. The van der Waals surface area contributed by atoms with Crippen LogP contribution in [0.5, 0.6) is 0 Å². The van der Waals surface area contributed by atoms with Gasteiger partial charge in [0.2, 0.25) is 5.91 Å². The molecule has 0 aliphatic heterocycles. The number of nitrogens with two attached hydrogens (primary N) is 1. The van der Waals surface area contributed by atoms with Gasteiger partial charge in [0.15, 0.2) is 0 Å². The SMILES string of the molecule is NC(=O)CC(CO)CO. The molecule has 0 radical (unpaired) electrons. The summed E-state index contributed by atoms with van der Waals surface area (Å²) in [4.78, 5) is 10.1. The molecule has 4 nitrogen and oxygen atoms in total. The Labute approximate surface area is 53.3 Å². The van der Waals surface area contributed by atoms with E-state index >= 15 is 0 Å². The van der Waals surface area contributed by atoms with Crippen LogP contribution in [0.1, 0.15) is 6.42 Å². The second-order valence-electron chi connectivity index (χ2n) is 1.90. The zero-order chi connectivity index (χ0) is 7.28. The topological polar surface area (TPSA) is 83.6 Å². The monoisotopic (exact) mass is 133 g/mol. The zero-order valence-corrected chi connectivity index (χ0v) is 5.08. The third-order valence-corrected chi connectivity index (χ3v) is 1.01. The molecule has 0 bridgehead atoms. The summed E-state index contributed by atoms with van der Waals surface area (Å²) in [5.41, 5.74) is 4.78. The van der Waals surface area contributed by atoms with E-state index < -0.39 is 5.91 Å². The van der Waals surface area contributed by atoms with Crippen molar-refractivity contribution in [3.8, 4) is 0 Å². The Morgan fingerprint density at radius 2 is 1.89 bits per heavy atom. The largest absolute Gasteiger partial charge is 0.396 e. The van der Waals surface area contributed by atoms with E-state index in [0.717, 1.165) is 0 Å². The number of aliphatic hydroxyl groups is 2. The molecule has 0 spiro atoms. The lowest BCUT2D eigenvalue weighted by Gasteiger charge is -2.05. The highest BCUT2D eigenvalue weighted by atomic mass is 16.3.